The fraction of sp³-hybridized carbons (Fsp3) is 0.333. The van der Waals surface area contributed by atoms with E-state index in [1.165, 1.54) is 22.3 Å². The van der Waals surface area contributed by atoms with E-state index in [4.69, 9.17) is 0 Å². The Balaban J connectivity index is 0.00000147. The van der Waals surface area contributed by atoms with Crippen LogP contribution < -0.4 is 24.0 Å². The standard InChI is InChI=1S/C18H22N.HI/c1-19(2,3)18-13-15-9-5-4-8-14(15)12-16-10-6-7-11-17(16)18;/h4-11,18H,12-13H2,1-3H3;1H/q+1;/p-1. The van der Waals surface area contributed by atoms with Crippen LogP contribution in [0.15, 0.2) is 48.5 Å². The molecular formula is C18H22IN. The maximum absolute atomic E-state index is 2.31. The number of rotatable bonds is 1. The van der Waals surface area contributed by atoms with Crippen LogP contribution in [0.3, 0.4) is 0 Å². The van der Waals surface area contributed by atoms with Crippen LogP contribution in [0.2, 0.25) is 0 Å². The molecule has 1 atom stereocenters. The molecule has 0 aliphatic heterocycles. The van der Waals surface area contributed by atoms with E-state index in [0.29, 0.717) is 6.04 Å². The Morgan fingerprint density at radius 2 is 1.35 bits per heavy atom. The van der Waals surface area contributed by atoms with Gasteiger partial charge in [0.25, 0.3) is 0 Å². The van der Waals surface area contributed by atoms with Crippen molar-refractivity contribution in [2.24, 2.45) is 0 Å². The molecule has 0 amide bonds. The van der Waals surface area contributed by atoms with Crippen LogP contribution in [0, 0.1) is 0 Å². The molecule has 0 saturated heterocycles. The summed E-state index contributed by atoms with van der Waals surface area (Å²) >= 11 is 0. The Bertz CT molecular complexity index is 598. The third kappa shape index (κ3) is 2.91. The van der Waals surface area contributed by atoms with E-state index in [9.17, 15) is 0 Å². The Hall–Kier alpha value is -0.870. The van der Waals surface area contributed by atoms with Crippen molar-refractivity contribution < 1.29 is 28.5 Å². The first-order chi connectivity index (χ1) is 9.05. The number of nitrogens with zero attached hydrogens (tertiary/aromatic N) is 1. The molecule has 0 N–H and O–H groups in total. The average molecular weight is 379 g/mol. The first-order valence-electron chi connectivity index (χ1n) is 7.01. The predicted molar refractivity (Wildman–Crippen MR) is 80.2 cm³/mol. The summed E-state index contributed by atoms with van der Waals surface area (Å²) in [5.74, 6) is 0. The SMILES string of the molecule is C[N+](C)(C)C1Cc2ccccc2Cc2ccccc21.[I-]. The van der Waals surface area contributed by atoms with E-state index in [-0.39, 0.29) is 24.0 Å². The van der Waals surface area contributed by atoms with Gasteiger partial charge in [0.15, 0.2) is 0 Å². The molecule has 0 heterocycles. The molecule has 0 saturated carbocycles. The van der Waals surface area contributed by atoms with Crippen molar-refractivity contribution in [1.29, 1.82) is 0 Å². The molecule has 106 valence electrons. The molecular weight excluding hydrogens is 357 g/mol. The highest BCUT2D eigenvalue weighted by Gasteiger charge is 2.30. The number of halogens is 1. The number of fused-ring (bicyclic) bond motifs is 2. The largest absolute Gasteiger partial charge is 1.00 e. The van der Waals surface area contributed by atoms with E-state index < -0.39 is 0 Å². The summed E-state index contributed by atoms with van der Waals surface area (Å²) in [6.45, 7) is 0. The highest BCUT2D eigenvalue weighted by molar-refractivity contribution is 5.41. The van der Waals surface area contributed by atoms with Gasteiger partial charge in [-0.25, -0.2) is 0 Å². The summed E-state index contributed by atoms with van der Waals surface area (Å²) in [5, 5.41) is 0. The fourth-order valence-corrected chi connectivity index (χ4v) is 3.16. The maximum Gasteiger partial charge on any atom is 0.118 e. The van der Waals surface area contributed by atoms with Crippen molar-refractivity contribution in [3.63, 3.8) is 0 Å². The number of hydrogen-bond donors (Lipinski definition) is 0. The lowest BCUT2D eigenvalue weighted by molar-refractivity contribution is -0.902. The van der Waals surface area contributed by atoms with Crippen molar-refractivity contribution in [2.45, 2.75) is 18.9 Å². The first-order valence-corrected chi connectivity index (χ1v) is 7.01. The lowest BCUT2D eigenvalue weighted by atomic mass is 9.96. The quantitative estimate of drug-likeness (QED) is 0.503. The highest BCUT2D eigenvalue weighted by atomic mass is 127. The smallest absolute Gasteiger partial charge is 0.118 e. The number of quaternary nitrogens is 1. The van der Waals surface area contributed by atoms with Crippen molar-refractivity contribution >= 4 is 0 Å². The van der Waals surface area contributed by atoms with Crippen LogP contribution in [0.25, 0.3) is 0 Å². The van der Waals surface area contributed by atoms with Crippen LogP contribution in [0.4, 0.5) is 0 Å². The van der Waals surface area contributed by atoms with Crippen LogP contribution >= 0.6 is 0 Å². The Morgan fingerprint density at radius 3 is 2.00 bits per heavy atom. The maximum atomic E-state index is 2.31. The molecule has 2 heteroatoms. The molecule has 2 aromatic carbocycles. The Labute approximate surface area is 139 Å². The van der Waals surface area contributed by atoms with Crippen molar-refractivity contribution in [2.75, 3.05) is 21.1 Å². The summed E-state index contributed by atoms with van der Waals surface area (Å²) in [7, 11) is 6.90. The van der Waals surface area contributed by atoms with Gasteiger partial charge in [-0.15, -0.1) is 0 Å². The van der Waals surface area contributed by atoms with Gasteiger partial charge < -0.3 is 28.5 Å². The van der Waals surface area contributed by atoms with E-state index in [1.54, 1.807) is 0 Å². The lowest BCUT2D eigenvalue weighted by Gasteiger charge is -2.35. The molecule has 1 unspecified atom stereocenters. The second-order valence-corrected chi connectivity index (χ2v) is 6.48. The summed E-state index contributed by atoms with van der Waals surface area (Å²) in [6, 6.07) is 18.4. The average Bonchev–Trinajstić information content (AvgIpc) is 2.54. The summed E-state index contributed by atoms with van der Waals surface area (Å²) < 4.78 is 0.978. The van der Waals surface area contributed by atoms with Crippen molar-refractivity contribution in [3.05, 3.63) is 70.8 Å². The number of likely N-dealkylation sites (N-methyl/N-ethyl adjacent to an activating group) is 1. The molecule has 0 aromatic heterocycles. The van der Waals surface area contributed by atoms with Gasteiger partial charge >= 0.3 is 0 Å². The molecule has 2 aromatic rings. The zero-order chi connectivity index (χ0) is 13.5. The van der Waals surface area contributed by atoms with Crippen LogP contribution in [0.5, 0.6) is 0 Å². The van der Waals surface area contributed by atoms with Gasteiger partial charge in [0.1, 0.15) is 6.04 Å². The predicted octanol–water partition coefficient (Wildman–Crippen LogP) is 0.585. The van der Waals surface area contributed by atoms with E-state index >= 15 is 0 Å². The molecule has 1 nitrogen and oxygen atoms in total. The van der Waals surface area contributed by atoms with Crippen LogP contribution in [-0.4, -0.2) is 25.6 Å². The van der Waals surface area contributed by atoms with Crippen molar-refractivity contribution in [1.82, 2.24) is 0 Å². The molecule has 1 aliphatic rings. The summed E-state index contributed by atoms with van der Waals surface area (Å²) in [6.07, 6.45) is 2.21. The molecule has 0 fully saturated rings. The molecule has 0 bridgehead atoms. The van der Waals surface area contributed by atoms with E-state index in [2.05, 4.69) is 69.7 Å². The summed E-state index contributed by atoms with van der Waals surface area (Å²) in [5.41, 5.74) is 6.01. The number of benzene rings is 2. The first kappa shape index (κ1) is 15.5. The van der Waals surface area contributed by atoms with Gasteiger partial charge in [-0.2, -0.15) is 0 Å². The molecule has 1 aliphatic carbocycles. The normalized spacial score (nSPS) is 17.4. The van der Waals surface area contributed by atoms with Crippen LogP contribution in [0.1, 0.15) is 28.3 Å². The van der Waals surface area contributed by atoms with Crippen LogP contribution in [-0.2, 0) is 12.8 Å². The van der Waals surface area contributed by atoms with E-state index in [0.717, 1.165) is 17.3 Å². The molecule has 20 heavy (non-hydrogen) atoms. The topological polar surface area (TPSA) is 0 Å². The zero-order valence-electron chi connectivity index (χ0n) is 12.4. The lowest BCUT2D eigenvalue weighted by Crippen LogP contribution is -3.00. The van der Waals surface area contributed by atoms with Gasteiger partial charge in [-0.3, -0.25) is 0 Å². The monoisotopic (exact) mass is 379 g/mol. The minimum atomic E-state index is 0. The second-order valence-electron chi connectivity index (χ2n) is 6.48. The Kier molecular flexibility index (Phi) is 4.55. The van der Waals surface area contributed by atoms with Gasteiger partial charge in [0.2, 0.25) is 0 Å². The minimum Gasteiger partial charge on any atom is -1.00 e. The number of hydrogen-bond acceptors (Lipinski definition) is 0. The molecule has 0 spiro atoms. The van der Waals surface area contributed by atoms with Gasteiger partial charge in [0.05, 0.1) is 21.1 Å². The third-order valence-corrected chi connectivity index (χ3v) is 4.26. The van der Waals surface area contributed by atoms with E-state index in [1.807, 2.05) is 0 Å². The second kappa shape index (κ2) is 5.86. The van der Waals surface area contributed by atoms with Crippen molar-refractivity contribution in [3.8, 4) is 0 Å². The fourth-order valence-electron chi connectivity index (χ4n) is 3.16. The van der Waals surface area contributed by atoms with Gasteiger partial charge in [-0.05, 0) is 23.1 Å². The molecule has 0 radical (unpaired) electrons. The third-order valence-electron chi connectivity index (χ3n) is 4.26. The molecule has 3 rings (SSSR count). The highest BCUT2D eigenvalue weighted by Crippen LogP contribution is 2.35. The summed E-state index contributed by atoms with van der Waals surface area (Å²) in [4.78, 5) is 0. The van der Waals surface area contributed by atoms with Gasteiger partial charge in [0, 0.05) is 12.0 Å². The Morgan fingerprint density at radius 1 is 0.800 bits per heavy atom. The zero-order valence-corrected chi connectivity index (χ0v) is 14.6. The minimum absolute atomic E-state index is 0. The van der Waals surface area contributed by atoms with Gasteiger partial charge in [-0.1, -0.05) is 48.5 Å².